The molecule has 0 radical (unpaired) electrons. The summed E-state index contributed by atoms with van der Waals surface area (Å²) in [5, 5.41) is 8.66. The summed E-state index contributed by atoms with van der Waals surface area (Å²) in [6.07, 6.45) is 0. The fourth-order valence-electron chi connectivity index (χ4n) is 9.62. The molecule has 0 aliphatic rings. The quantitative estimate of drug-likeness (QED) is 0.125. The second-order valence-corrected chi connectivity index (χ2v) is 15.8. The van der Waals surface area contributed by atoms with Crippen LogP contribution in [0.15, 0.2) is 235 Å². The molecule has 1 heterocycles. The van der Waals surface area contributed by atoms with E-state index in [9.17, 15) is 1.37 Å². The van der Waals surface area contributed by atoms with Crippen LogP contribution in [0.2, 0.25) is 0 Å². The van der Waals surface area contributed by atoms with E-state index in [1.54, 1.807) is 12.1 Å². The fourth-order valence-corrected chi connectivity index (χ4v) is 9.62. The second-order valence-electron chi connectivity index (χ2n) is 15.8. The molecule has 13 aromatic rings. The lowest BCUT2D eigenvalue weighted by Crippen LogP contribution is -1.91. The number of furan rings is 1. The Morgan fingerprint density at radius 1 is 0.317 bits per heavy atom. The van der Waals surface area contributed by atoms with Gasteiger partial charge in [0.1, 0.15) is 11.2 Å². The third-order valence-electron chi connectivity index (χ3n) is 12.4. The van der Waals surface area contributed by atoms with Gasteiger partial charge >= 0.3 is 0 Å². The molecule has 0 bridgehead atoms. The minimum Gasteiger partial charge on any atom is -0.455 e. The lowest BCUT2D eigenvalue weighted by molar-refractivity contribution is 0.670. The summed E-state index contributed by atoms with van der Waals surface area (Å²) in [6.45, 7) is 0. The second kappa shape index (κ2) is 14.2. The van der Waals surface area contributed by atoms with Crippen molar-refractivity contribution >= 4 is 75.8 Å². The first-order valence-electron chi connectivity index (χ1n) is 26.8. The monoisotopic (exact) mass is 810 g/mol. The summed E-state index contributed by atoms with van der Waals surface area (Å²) in [5.41, 5.74) is 8.07. The molecule has 0 N–H and O–H groups in total. The lowest BCUT2D eigenvalue weighted by Gasteiger charge is -2.18. The van der Waals surface area contributed by atoms with E-state index in [1.165, 1.54) is 0 Å². The van der Waals surface area contributed by atoms with Crippen molar-refractivity contribution in [3.8, 4) is 55.6 Å². The van der Waals surface area contributed by atoms with Gasteiger partial charge < -0.3 is 4.42 Å². The number of para-hydroxylation sites is 1. The Hall–Kier alpha value is -8.26. The van der Waals surface area contributed by atoms with Crippen LogP contribution in [-0.4, -0.2) is 0 Å². The Bertz CT molecular complexity index is 4590. The van der Waals surface area contributed by atoms with E-state index >= 15 is 0 Å². The van der Waals surface area contributed by atoms with E-state index in [0.29, 0.717) is 27.7 Å². The SMILES string of the molecule is [2H]c1c([2H])c([2H])c(-c2c3ccccc3c(-c3ccc(-c4cc5cc(-c6cccc7c6oc6cccc(-c8c([2H])c([2H])c9c([2H])c([2H])c([2H])c([2H])c9c8[2H])c67)ccc5c5ccccc45)cc3)c3ccccc23)c([2H])c1[2H]. The molecule has 0 fully saturated rings. The summed E-state index contributed by atoms with van der Waals surface area (Å²) in [6, 6.07) is 47.8. The van der Waals surface area contributed by atoms with Crippen molar-refractivity contribution in [2.45, 2.75) is 0 Å². The van der Waals surface area contributed by atoms with Crippen LogP contribution >= 0.6 is 0 Å². The highest BCUT2D eigenvalue weighted by molar-refractivity contribution is 6.22. The molecule has 0 spiro atoms. The number of hydrogen-bond donors (Lipinski definition) is 0. The van der Waals surface area contributed by atoms with Crippen LogP contribution < -0.4 is 0 Å². The number of rotatable bonds is 5. The molecule has 0 unspecified atom stereocenters. The van der Waals surface area contributed by atoms with E-state index in [2.05, 4.69) is 60.7 Å². The molecule has 0 saturated heterocycles. The zero-order valence-electron chi connectivity index (χ0n) is 45.4. The molecule has 1 nitrogen and oxygen atoms in total. The summed E-state index contributed by atoms with van der Waals surface area (Å²) < 4.78 is 111. The maximum absolute atomic E-state index is 9.31. The average molecular weight is 811 g/mol. The van der Waals surface area contributed by atoms with Crippen molar-refractivity contribution in [1.82, 2.24) is 0 Å². The van der Waals surface area contributed by atoms with E-state index < -0.39 is 30.2 Å². The highest BCUT2D eigenvalue weighted by Gasteiger charge is 2.19. The van der Waals surface area contributed by atoms with Crippen molar-refractivity contribution in [1.29, 1.82) is 0 Å². The first-order chi connectivity index (χ1) is 36.2. The van der Waals surface area contributed by atoms with Gasteiger partial charge in [-0.15, -0.1) is 0 Å². The summed E-state index contributed by atoms with van der Waals surface area (Å²) in [4.78, 5) is 0. The molecule has 0 aliphatic heterocycles. The molecule has 63 heavy (non-hydrogen) atoms. The zero-order chi connectivity index (χ0) is 51.9. The molecule has 0 aliphatic carbocycles. The van der Waals surface area contributed by atoms with Crippen molar-refractivity contribution in [3.05, 3.63) is 230 Å². The molecule has 0 amide bonds. The number of hydrogen-bond acceptors (Lipinski definition) is 1. The van der Waals surface area contributed by atoms with Gasteiger partial charge in [-0.2, -0.15) is 0 Å². The Morgan fingerprint density at radius 2 is 0.905 bits per heavy atom. The summed E-state index contributed by atoms with van der Waals surface area (Å²) in [5.74, 6) is 0. The standard InChI is InChI=1S/C62H38O/c1-2-15-41(16-3-1)59-52-20-8-10-22-54(52)60(55-23-11-9-21-53(55)59)42-31-29-40(30-32-42)57-38-46-37-45(34-35-47(46)50-18-6-7-19-51(50)57)49-25-12-26-56-61-48(24-13-27-58(61)63-62(49)56)44-33-28-39-14-4-5-17-43(39)36-44/h1-38H/i1D,2D,3D,4D,5D,14D,15D,16D,17D,28D,33D,36D. The van der Waals surface area contributed by atoms with Gasteiger partial charge in [0.05, 0.1) is 16.4 Å². The third kappa shape index (κ3) is 5.64. The van der Waals surface area contributed by atoms with Crippen LogP contribution in [0.5, 0.6) is 0 Å². The molecular weight excluding hydrogens is 761 g/mol. The van der Waals surface area contributed by atoms with Crippen LogP contribution in [0.4, 0.5) is 0 Å². The minimum atomic E-state index is -0.515. The topological polar surface area (TPSA) is 13.1 Å². The Kier molecular flexibility index (Phi) is 5.73. The number of benzene rings is 12. The van der Waals surface area contributed by atoms with Crippen molar-refractivity contribution in [2.75, 3.05) is 0 Å². The predicted octanol–water partition coefficient (Wildman–Crippen LogP) is 17.7. The van der Waals surface area contributed by atoms with Gasteiger partial charge in [0, 0.05) is 16.3 Å². The molecule has 0 atom stereocenters. The molecule has 292 valence electrons. The van der Waals surface area contributed by atoms with Crippen LogP contribution in [0.25, 0.3) is 131 Å². The van der Waals surface area contributed by atoms with Gasteiger partial charge in [-0.05, 0) is 128 Å². The molecule has 12 aromatic carbocycles. The first kappa shape index (κ1) is 25.5. The Morgan fingerprint density at radius 3 is 1.65 bits per heavy atom. The molecule has 1 aromatic heterocycles. The van der Waals surface area contributed by atoms with Gasteiger partial charge in [-0.25, -0.2) is 0 Å². The molecule has 0 saturated carbocycles. The van der Waals surface area contributed by atoms with Crippen LogP contribution in [0, 0.1) is 0 Å². The maximum atomic E-state index is 9.31. The third-order valence-corrected chi connectivity index (χ3v) is 12.4. The van der Waals surface area contributed by atoms with Crippen LogP contribution in [0.3, 0.4) is 0 Å². The van der Waals surface area contributed by atoms with Gasteiger partial charge in [0.25, 0.3) is 0 Å². The van der Waals surface area contributed by atoms with Crippen LogP contribution in [-0.2, 0) is 0 Å². The highest BCUT2D eigenvalue weighted by Crippen LogP contribution is 2.46. The lowest BCUT2D eigenvalue weighted by atomic mass is 9.85. The smallest absolute Gasteiger partial charge is 0.143 e. The highest BCUT2D eigenvalue weighted by atomic mass is 16.3. The first-order valence-corrected chi connectivity index (χ1v) is 20.8. The van der Waals surface area contributed by atoms with E-state index in [0.717, 1.165) is 81.9 Å². The Labute approximate surface area is 381 Å². The molecular formula is C62H38O. The van der Waals surface area contributed by atoms with Gasteiger partial charge in [-0.1, -0.05) is 206 Å². The van der Waals surface area contributed by atoms with Gasteiger partial charge in [0.2, 0.25) is 0 Å². The molecule has 1 heteroatoms. The molecule has 13 rings (SSSR count). The fraction of sp³-hybridized carbons (Fsp3) is 0. The average Bonchev–Trinajstić information content (AvgIpc) is 3.84. The summed E-state index contributed by atoms with van der Waals surface area (Å²) >= 11 is 0. The van der Waals surface area contributed by atoms with E-state index in [-0.39, 0.29) is 64.2 Å². The van der Waals surface area contributed by atoms with Crippen molar-refractivity contribution < 1.29 is 20.9 Å². The summed E-state index contributed by atoms with van der Waals surface area (Å²) in [7, 11) is 0. The van der Waals surface area contributed by atoms with Gasteiger partial charge in [-0.3, -0.25) is 0 Å². The normalized spacial score (nSPS) is 14.5. The van der Waals surface area contributed by atoms with Crippen molar-refractivity contribution in [3.63, 3.8) is 0 Å². The van der Waals surface area contributed by atoms with Crippen LogP contribution in [0.1, 0.15) is 16.4 Å². The van der Waals surface area contributed by atoms with E-state index in [4.69, 9.17) is 19.5 Å². The zero-order valence-corrected chi connectivity index (χ0v) is 33.4. The van der Waals surface area contributed by atoms with Crippen molar-refractivity contribution in [2.24, 2.45) is 0 Å². The number of fused-ring (bicyclic) bond motifs is 9. The van der Waals surface area contributed by atoms with Gasteiger partial charge in [0.15, 0.2) is 0 Å². The largest absolute Gasteiger partial charge is 0.455 e. The Balaban J connectivity index is 0.949. The predicted molar refractivity (Wildman–Crippen MR) is 268 cm³/mol. The maximum Gasteiger partial charge on any atom is 0.143 e. The van der Waals surface area contributed by atoms with E-state index in [1.807, 2.05) is 84.9 Å². The minimum absolute atomic E-state index is 0.0844.